The Bertz CT molecular complexity index is 1330. The molecule has 8 nitrogen and oxygen atoms in total. The Morgan fingerprint density at radius 1 is 0.941 bits per heavy atom. The van der Waals surface area contributed by atoms with Crippen molar-refractivity contribution in [1.29, 1.82) is 0 Å². The van der Waals surface area contributed by atoms with Gasteiger partial charge in [0, 0.05) is 11.3 Å². The number of anilines is 1. The van der Waals surface area contributed by atoms with Gasteiger partial charge >= 0.3 is 5.97 Å². The van der Waals surface area contributed by atoms with Crippen molar-refractivity contribution in [1.82, 2.24) is 0 Å². The molecule has 0 radical (unpaired) electrons. The number of hydrogen-bond acceptors (Lipinski definition) is 7. The summed E-state index contributed by atoms with van der Waals surface area (Å²) in [4.78, 5) is 39.5. The fraction of sp³-hybridized carbons (Fsp3) is 0.115. The van der Waals surface area contributed by atoms with Crippen molar-refractivity contribution in [2.24, 2.45) is 0 Å². The van der Waals surface area contributed by atoms with Gasteiger partial charge in [-0.05, 0) is 48.0 Å². The number of esters is 1. The summed E-state index contributed by atoms with van der Waals surface area (Å²) in [5.41, 5.74) is 1.62. The number of methoxy groups -OCH3 is 1. The van der Waals surface area contributed by atoms with Gasteiger partial charge in [0.25, 0.3) is 11.7 Å². The van der Waals surface area contributed by atoms with Crippen LogP contribution >= 0.6 is 0 Å². The molecule has 0 aliphatic carbocycles. The van der Waals surface area contributed by atoms with Crippen LogP contribution in [0.15, 0.2) is 78.4 Å². The molecule has 0 saturated carbocycles. The minimum Gasteiger partial charge on any atom is -0.507 e. The van der Waals surface area contributed by atoms with Crippen LogP contribution in [0.5, 0.6) is 11.5 Å². The molecular formula is C26H19NO7. The molecule has 1 saturated heterocycles. The summed E-state index contributed by atoms with van der Waals surface area (Å²) >= 11 is 0. The molecular weight excluding hydrogens is 438 g/mol. The molecule has 2 aliphatic heterocycles. The number of ketones is 1. The quantitative estimate of drug-likeness (QED) is 0.275. The van der Waals surface area contributed by atoms with Gasteiger partial charge < -0.3 is 19.3 Å². The van der Waals surface area contributed by atoms with Crippen LogP contribution in [-0.4, -0.2) is 36.7 Å². The van der Waals surface area contributed by atoms with E-state index in [0.717, 1.165) is 0 Å². The number of aliphatic hydroxyl groups is 1. The summed E-state index contributed by atoms with van der Waals surface area (Å²) in [6.07, 6.45) is 0. The fourth-order valence-corrected chi connectivity index (χ4v) is 4.12. The second kappa shape index (κ2) is 8.40. The molecule has 34 heavy (non-hydrogen) atoms. The lowest BCUT2D eigenvalue weighted by atomic mass is 9.95. The Kier molecular flexibility index (Phi) is 5.25. The maximum atomic E-state index is 13.2. The molecule has 0 bridgehead atoms. The van der Waals surface area contributed by atoms with Crippen LogP contribution < -0.4 is 14.4 Å². The normalized spacial score (nSPS) is 18.3. The lowest BCUT2D eigenvalue weighted by Crippen LogP contribution is -2.29. The van der Waals surface area contributed by atoms with Crippen molar-refractivity contribution >= 4 is 29.1 Å². The zero-order valence-corrected chi connectivity index (χ0v) is 18.1. The van der Waals surface area contributed by atoms with Crippen molar-refractivity contribution in [3.63, 3.8) is 0 Å². The van der Waals surface area contributed by atoms with E-state index in [1.807, 2.05) is 6.07 Å². The molecule has 1 amide bonds. The van der Waals surface area contributed by atoms with Gasteiger partial charge in [-0.1, -0.05) is 30.3 Å². The number of amides is 1. The Morgan fingerprint density at radius 3 is 2.32 bits per heavy atom. The minimum absolute atomic E-state index is 0.0490. The van der Waals surface area contributed by atoms with Crippen molar-refractivity contribution in [3.8, 4) is 11.5 Å². The highest BCUT2D eigenvalue weighted by molar-refractivity contribution is 6.51. The van der Waals surface area contributed by atoms with Gasteiger partial charge in [0.1, 0.15) is 5.76 Å². The summed E-state index contributed by atoms with van der Waals surface area (Å²) < 4.78 is 15.4. The van der Waals surface area contributed by atoms with Gasteiger partial charge in [0.15, 0.2) is 11.5 Å². The van der Waals surface area contributed by atoms with E-state index < -0.39 is 23.7 Å². The highest BCUT2D eigenvalue weighted by Crippen LogP contribution is 2.43. The summed E-state index contributed by atoms with van der Waals surface area (Å²) in [7, 11) is 1.28. The van der Waals surface area contributed by atoms with Gasteiger partial charge in [-0.25, -0.2) is 4.79 Å². The van der Waals surface area contributed by atoms with Crippen molar-refractivity contribution in [2.75, 3.05) is 18.8 Å². The zero-order valence-electron chi connectivity index (χ0n) is 18.1. The number of aliphatic hydroxyl groups excluding tert-OH is 1. The molecule has 0 spiro atoms. The van der Waals surface area contributed by atoms with Gasteiger partial charge in [-0.2, -0.15) is 0 Å². The predicted octanol–water partition coefficient (Wildman–Crippen LogP) is 3.83. The van der Waals surface area contributed by atoms with Gasteiger partial charge in [0.2, 0.25) is 6.79 Å². The number of carbonyl (C=O) groups excluding carboxylic acids is 3. The number of ether oxygens (including phenoxy) is 3. The molecule has 0 aromatic heterocycles. The lowest BCUT2D eigenvalue weighted by Gasteiger charge is -2.25. The van der Waals surface area contributed by atoms with Gasteiger partial charge in [0.05, 0.1) is 24.3 Å². The van der Waals surface area contributed by atoms with Crippen molar-refractivity contribution in [3.05, 3.63) is 95.1 Å². The van der Waals surface area contributed by atoms with Gasteiger partial charge in [-0.15, -0.1) is 0 Å². The largest absolute Gasteiger partial charge is 0.507 e. The first-order chi connectivity index (χ1) is 16.5. The topological polar surface area (TPSA) is 102 Å². The first-order valence-electron chi connectivity index (χ1n) is 10.4. The highest BCUT2D eigenvalue weighted by atomic mass is 16.7. The van der Waals surface area contributed by atoms with Gasteiger partial charge in [-0.3, -0.25) is 14.5 Å². The van der Waals surface area contributed by atoms with Crippen LogP contribution in [0.3, 0.4) is 0 Å². The number of rotatable bonds is 4. The van der Waals surface area contributed by atoms with E-state index in [0.29, 0.717) is 33.9 Å². The average Bonchev–Trinajstić information content (AvgIpc) is 3.45. The van der Waals surface area contributed by atoms with Crippen LogP contribution in [0, 0.1) is 0 Å². The molecule has 170 valence electrons. The first kappa shape index (κ1) is 21.3. The number of nitrogens with zero attached hydrogens (tertiary/aromatic N) is 1. The molecule has 5 rings (SSSR count). The number of Topliss-reactive ketones (excluding diaryl/α,β-unsaturated/α-hetero) is 1. The summed E-state index contributed by atoms with van der Waals surface area (Å²) in [5.74, 6) is -1.48. The molecule has 2 aliphatic rings. The van der Waals surface area contributed by atoms with Crippen LogP contribution in [0.2, 0.25) is 0 Å². The fourth-order valence-electron chi connectivity index (χ4n) is 4.12. The molecule has 1 atom stereocenters. The Hall–Kier alpha value is -4.59. The van der Waals surface area contributed by atoms with E-state index in [4.69, 9.17) is 14.2 Å². The number of carbonyl (C=O) groups is 3. The van der Waals surface area contributed by atoms with E-state index >= 15 is 0 Å². The molecule has 1 unspecified atom stereocenters. The number of fused-ring (bicyclic) bond motifs is 1. The predicted molar refractivity (Wildman–Crippen MR) is 122 cm³/mol. The maximum Gasteiger partial charge on any atom is 0.337 e. The molecule has 8 heteroatoms. The van der Waals surface area contributed by atoms with E-state index in [2.05, 4.69) is 0 Å². The average molecular weight is 457 g/mol. The first-order valence-corrected chi connectivity index (χ1v) is 10.4. The van der Waals surface area contributed by atoms with E-state index in [1.54, 1.807) is 54.6 Å². The Labute approximate surface area is 194 Å². The van der Waals surface area contributed by atoms with E-state index in [9.17, 15) is 19.5 Å². The molecule has 3 aromatic rings. The summed E-state index contributed by atoms with van der Waals surface area (Å²) in [6.45, 7) is 0.0650. The van der Waals surface area contributed by atoms with E-state index in [-0.39, 0.29) is 18.1 Å². The number of hydrogen-bond donors (Lipinski definition) is 1. The van der Waals surface area contributed by atoms with Crippen LogP contribution in [-0.2, 0) is 14.3 Å². The second-order valence-electron chi connectivity index (χ2n) is 7.69. The minimum atomic E-state index is -0.879. The third kappa shape index (κ3) is 3.45. The molecule has 3 aromatic carbocycles. The second-order valence-corrected chi connectivity index (χ2v) is 7.69. The summed E-state index contributed by atoms with van der Waals surface area (Å²) in [6, 6.07) is 19.0. The zero-order chi connectivity index (χ0) is 23.8. The highest BCUT2D eigenvalue weighted by Gasteiger charge is 2.47. The number of benzene rings is 3. The van der Waals surface area contributed by atoms with Crippen molar-refractivity contribution in [2.45, 2.75) is 6.04 Å². The monoisotopic (exact) mass is 457 g/mol. The molecule has 2 heterocycles. The third-order valence-electron chi connectivity index (χ3n) is 5.77. The molecule has 1 fully saturated rings. The van der Waals surface area contributed by atoms with Crippen LogP contribution in [0.25, 0.3) is 5.76 Å². The Balaban J connectivity index is 1.65. The lowest BCUT2D eigenvalue weighted by molar-refractivity contribution is -0.132. The van der Waals surface area contributed by atoms with Crippen LogP contribution in [0.4, 0.5) is 5.69 Å². The maximum absolute atomic E-state index is 13.2. The third-order valence-corrected chi connectivity index (χ3v) is 5.77. The SMILES string of the molecule is COC(=O)c1ccc(N2C(=O)C(=O)/C(=C(\O)c3ccc4c(c3)OCO4)C2c2ccccc2)cc1. The smallest absolute Gasteiger partial charge is 0.337 e. The van der Waals surface area contributed by atoms with E-state index in [1.165, 1.54) is 24.1 Å². The Morgan fingerprint density at radius 2 is 1.62 bits per heavy atom. The van der Waals surface area contributed by atoms with Crippen molar-refractivity contribution < 1.29 is 33.7 Å². The standard InChI is InChI=1S/C26H19NO7/c1-32-26(31)16-7-10-18(11-8-16)27-22(15-5-3-2-4-6-15)21(24(29)25(27)30)23(28)17-9-12-19-20(13-17)34-14-33-19/h2-13,22,28H,14H2,1H3/b23-21-. The summed E-state index contributed by atoms with van der Waals surface area (Å²) in [5, 5.41) is 11.2. The molecule has 1 N–H and O–H groups in total. The van der Waals surface area contributed by atoms with Crippen LogP contribution in [0.1, 0.15) is 27.5 Å².